The molecule has 1 aliphatic heterocycles. The quantitative estimate of drug-likeness (QED) is 0.681. The highest BCUT2D eigenvalue weighted by molar-refractivity contribution is 7.89. The molecule has 0 spiro atoms. The number of aromatic amines is 1. The van der Waals surface area contributed by atoms with Crippen molar-refractivity contribution in [1.29, 1.82) is 0 Å². The van der Waals surface area contributed by atoms with Crippen LogP contribution in [0.15, 0.2) is 27.9 Å². The molecule has 1 aliphatic rings. The Morgan fingerprint density at radius 1 is 1.37 bits per heavy atom. The summed E-state index contributed by atoms with van der Waals surface area (Å²) < 4.78 is 33.1. The van der Waals surface area contributed by atoms with Crippen molar-refractivity contribution in [1.82, 2.24) is 14.3 Å². The molecule has 2 heterocycles. The monoisotopic (exact) mass is 435 g/mol. The number of aryl methyl sites for hydroxylation is 1. The van der Waals surface area contributed by atoms with E-state index in [1.54, 1.807) is 13.8 Å². The Morgan fingerprint density at radius 2 is 2.10 bits per heavy atom. The van der Waals surface area contributed by atoms with Crippen molar-refractivity contribution in [3.8, 4) is 17.1 Å². The number of aromatic nitrogens is 2. The minimum Gasteiger partial charge on any atom is -0.493 e. The van der Waals surface area contributed by atoms with Gasteiger partial charge in [-0.1, -0.05) is 6.92 Å². The predicted molar refractivity (Wildman–Crippen MR) is 110 cm³/mol. The highest BCUT2D eigenvalue weighted by atomic mass is 32.2. The molecule has 0 amide bonds. The van der Waals surface area contributed by atoms with Gasteiger partial charge in [-0.25, -0.2) is 13.4 Å². The van der Waals surface area contributed by atoms with Crippen LogP contribution >= 0.6 is 0 Å². The molecule has 10 heteroatoms. The second-order valence-electron chi connectivity index (χ2n) is 7.24. The van der Waals surface area contributed by atoms with Crippen LogP contribution in [0.3, 0.4) is 0 Å². The zero-order valence-corrected chi connectivity index (χ0v) is 18.0. The predicted octanol–water partition coefficient (Wildman–Crippen LogP) is 2.08. The van der Waals surface area contributed by atoms with E-state index in [0.717, 1.165) is 10.7 Å². The maximum Gasteiger partial charge on any atom is 0.322 e. The lowest BCUT2D eigenvalue weighted by atomic mass is 10.1. The van der Waals surface area contributed by atoms with E-state index in [4.69, 9.17) is 4.74 Å². The Labute approximate surface area is 174 Å². The minimum atomic E-state index is -4.05. The molecule has 0 aliphatic carbocycles. The van der Waals surface area contributed by atoms with Crippen LogP contribution in [-0.2, 0) is 14.8 Å². The molecule has 1 unspecified atom stereocenters. The molecule has 30 heavy (non-hydrogen) atoms. The van der Waals surface area contributed by atoms with Gasteiger partial charge in [0.1, 0.15) is 17.6 Å². The van der Waals surface area contributed by atoms with Gasteiger partial charge in [-0.3, -0.25) is 9.59 Å². The Bertz CT molecular complexity index is 1130. The highest BCUT2D eigenvalue weighted by Gasteiger charge is 2.39. The van der Waals surface area contributed by atoms with Crippen molar-refractivity contribution in [2.75, 3.05) is 13.2 Å². The van der Waals surface area contributed by atoms with Crippen LogP contribution in [0.5, 0.6) is 5.75 Å². The van der Waals surface area contributed by atoms with Crippen LogP contribution in [0.2, 0.25) is 0 Å². The number of nitrogens with one attached hydrogen (secondary N) is 1. The van der Waals surface area contributed by atoms with Crippen LogP contribution in [0, 0.1) is 13.8 Å². The third kappa shape index (κ3) is 4.10. The zero-order chi connectivity index (χ0) is 22.1. The molecule has 1 fully saturated rings. The standard InChI is InChI=1S/C20H25N3O6S/c1-4-10-29-17-8-7-14(30(27,28)23-9-5-6-16(23)20(25)26)11-15(17)18-21-13(3)12(2)19(24)22-18/h7-8,11,16H,4-6,9-10H2,1-3H3,(H,25,26)(H,21,22,24). The average Bonchev–Trinajstić information content (AvgIpc) is 3.21. The third-order valence-electron chi connectivity index (χ3n) is 5.16. The summed E-state index contributed by atoms with van der Waals surface area (Å²) in [5.41, 5.74) is 1.00. The van der Waals surface area contributed by atoms with Gasteiger partial charge in [0.25, 0.3) is 5.56 Å². The number of benzene rings is 1. The molecular formula is C20H25N3O6S. The van der Waals surface area contributed by atoms with Crippen LogP contribution in [0.4, 0.5) is 0 Å². The van der Waals surface area contributed by atoms with Gasteiger partial charge in [0.15, 0.2) is 0 Å². The van der Waals surface area contributed by atoms with E-state index in [-0.39, 0.29) is 29.2 Å². The lowest BCUT2D eigenvalue weighted by molar-refractivity contribution is -0.140. The molecule has 9 nitrogen and oxygen atoms in total. The second-order valence-corrected chi connectivity index (χ2v) is 9.13. The molecule has 0 radical (unpaired) electrons. The first kappa shape index (κ1) is 22.0. The minimum absolute atomic E-state index is 0.0737. The number of carbonyl (C=O) groups is 1. The largest absolute Gasteiger partial charge is 0.493 e. The number of hydrogen-bond acceptors (Lipinski definition) is 6. The van der Waals surface area contributed by atoms with Gasteiger partial charge in [-0.2, -0.15) is 4.31 Å². The maximum absolute atomic E-state index is 13.2. The topological polar surface area (TPSA) is 130 Å². The number of H-pyrrole nitrogens is 1. The van der Waals surface area contributed by atoms with Gasteiger partial charge in [-0.15, -0.1) is 0 Å². The van der Waals surface area contributed by atoms with E-state index in [2.05, 4.69) is 9.97 Å². The summed E-state index contributed by atoms with van der Waals surface area (Å²) in [6.45, 7) is 5.83. The molecule has 2 N–H and O–H groups in total. The molecule has 162 valence electrons. The molecule has 1 saturated heterocycles. The van der Waals surface area contributed by atoms with Crippen LogP contribution in [0.1, 0.15) is 37.4 Å². The summed E-state index contributed by atoms with van der Waals surface area (Å²) in [5, 5.41) is 9.38. The fraction of sp³-hybridized carbons (Fsp3) is 0.450. The van der Waals surface area contributed by atoms with Gasteiger partial charge in [0, 0.05) is 17.8 Å². The number of hydrogen-bond donors (Lipinski definition) is 2. The van der Waals surface area contributed by atoms with Crippen molar-refractivity contribution in [3.05, 3.63) is 39.8 Å². The SMILES string of the molecule is CCCOc1ccc(S(=O)(=O)N2CCCC2C(=O)O)cc1-c1nc(C)c(C)c(=O)[nH]1. The zero-order valence-electron chi connectivity index (χ0n) is 17.1. The summed E-state index contributed by atoms with van der Waals surface area (Å²) >= 11 is 0. The van der Waals surface area contributed by atoms with E-state index in [1.807, 2.05) is 6.92 Å². The van der Waals surface area contributed by atoms with Crippen molar-refractivity contribution in [2.24, 2.45) is 0 Å². The number of rotatable bonds is 7. The summed E-state index contributed by atoms with van der Waals surface area (Å²) in [7, 11) is -4.05. The van der Waals surface area contributed by atoms with Crippen LogP contribution in [0.25, 0.3) is 11.4 Å². The molecule has 0 saturated carbocycles. The van der Waals surface area contributed by atoms with E-state index < -0.39 is 22.0 Å². The number of carboxylic acid groups (broad SMARTS) is 1. The molecule has 1 aromatic carbocycles. The van der Waals surface area contributed by atoms with Crippen molar-refractivity contribution >= 4 is 16.0 Å². The number of aliphatic carboxylic acids is 1. The van der Waals surface area contributed by atoms with Crippen molar-refractivity contribution in [3.63, 3.8) is 0 Å². The fourth-order valence-electron chi connectivity index (χ4n) is 3.38. The summed E-state index contributed by atoms with van der Waals surface area (Å²) in [6, 6.07) is 3.19. The normalized spacial score (nSPS) is 17.2. The molecule has 1 atom stereocenters. The number of carboxylic acids is 1. The first-order valence-electron chi connectivity index (χ1n) is 9.76. The first-order valence-corrected chi connectivity index (χ1v) is 11.2. The molecule has 0 bridgehead atoms. The number of ether oxygens (including phenoxy) is 1. The van der Waals surface area contributed by atoms with Gasteiger partial charge < -0.3 is 14.8 Å². The molecule has 1 aromatic heterocycles. The Balaban J connectivity index is 2.13. The lowest BCUT2D eigenvalue weighted by Crippen LogP contribution is -2.40. The van der Waals surface area contributed by atoms with Gasteiger partial charge in [-0.05, 0) is 51.3 Å². The second kappa shape index (κ2) is 8.57. The van der Waals surface area contributed by atoms with E-state index in [9.17, 15) is 23.1 Å². The van der Waals surface area contributed by atoms with E-state index in [0.29, 0.717) is 35.6 Å². The number of sulfonamides is 1. The summed E-state index contributed by atoms with van der Waals surface area (Å²) in [6.07, 6.45) is 1.49. The third-order valence-corrected chi connectivity index (χ3v) is 7.06. The van der Waals surface area contributed by atoms with E-state index >= 15 is 0 Å². The molecule has 2 aromatic rings. The first-order chi connectivity index (χ1) is 14.2. The maximum atomic E-state index is 13.2. The molecule has 3 rings (SSSR count). The Hall–Kier alpha value is -2.72. The van der Waals surface area contributed by atoms with Crippen LogP contribution in [-0.4, -0.2) is 53.0 Å². The average molecular weight is 436 g/mol. The van der Waals surface area contributed by atoms with Gasteiger partial charge in [0.05, 0.1) is 17.1 Å². The van der Waals surface area contributed by atoms with Gasteiger partial charge >= 0.3 is 5.97 Å². The Kier molecular flexibility index (Phi) is 6.27. The van der Waals surface area contributed by atoms with Crippen molar-refractivity contribution in [2.45, 2.75) is 51.0 Å². The highest BCUT2D eigenvalue weighted by Crippen LogP contribution is 2.33. The molecular weight excluding hydrogens is 410 g/mol. The lowest BCUT2D eigenvalue weighted by Gasteiger charge is -2.22. The van der Waals surface area contributed by atoms with Gasteiger partial charge in [0.2, 0.25) is 10.0 Å². The summed E-state index contributed by atoms with van der Waals surface area (Å²) in [4.78, 5) is 30.7. The smallest absolute Gasteiger partial charge is 0.322 e. The fourth-order valence-corrected chi connectivity index (χ4v) is 5.05. The van der Waals surface area contributed by atoms with E-state index in [1.165, 1.54) is 18.2 Å². The Morgan fingerprint density at radius 3 is 2.73 bits per heavy atom. The number of nitrogens with zero attached hydrogens (tertiary/aromatic N) is 2. The van der Waals surface area contributed by atoms with Crippen molar-refractivity contribution < 1.29 is 23.1 Å². The van der Waals surface area contributed by atoms with Crippen LogP contribution < -0.4 is 10.3 Å². The summed E-state index contributed by atoms with van der Waals surface area (Å²) in [5.74, 6) is -0.583.